The fraction of sp³-hybridized carbons (Fsp3) is 0.390. The molecule has 0 aromatic heterocycles. The van der Waals surface area contributed by atoms with Crippen molar-refractivity contribution < 1.29 is 27.4 Å². The van der Waals surface area contributed by atoms with Crippen molar-refractivity contribution in [1.82, 2.24) is 0 Å². The molecule has 0 bridgehead atoms. The number of sulfonamides is 1. The zero-order valence-electron chi connectivity index (χ0n) is 31.1. The molecule has 274 valence electrons. The van der Waals surface area contributed by atoms with Crippen molar-refractivity contribution in [3.05, 3.63) is 95.6 Å². The highest BCUT2D eigenvalue weighted by molar-refractivity contribution is 7.92. The minimum absolute atomic E-state index is 0.0258. The molecular formula is C41H53N3O6S. The number of nitrogens with one attached hydrogen (secondary N) is 3. The standard InChI is InChI=1S/C41H53N3O6S/c1-9-10-11-12-23-49-34-16-13-31(14-17-34)42-38-22-15-32(26-39(38)43-41(45)50-35-20-18-33(48-8)19-21-35)44-51(46,47)40-36(28(4)5)24-30(27(2)3)25-37(40)29(6)7/h13-22,24-29,42,44H,9-12,23H2,1-8H3,(H,43,45). The first-order chi connectivity index (χ1) is 24.3. The van der Waals surface area contributed by atoms with Gasteiger partial charge in [-0.05, 0) is 108 Å². The Labute approximate surface area is 304 Å². The quantitative estimate of drug-likeness (QED) is 0.0932. The van der Waals surface area contributed by atoms with E-state index in [0.29, 0.717) is 34.4 Å². The summed E-state index contributed by atoms with van der Waals surface area (Å²) in [4.78, 5) is 13.4. The summed E-state index contributed by atoms with van der Waals surface area (Å²) in [5.74, 6) is 1.91. The zero-order valence-corrected chi connectivity index (χ0v) is 31.9. The van der Waals surface area contributed by atoms with Crippen LogP contribution in [0.1, 0.15) is 109 Å². The molecule has 4 aromatic rings. The van der Waals surface area contributed by atoms with Gasteiger partial charge in [-0.3, -0.25) is 10.0 Å². The van der Waals surface area contributed by atoms with Crippen LogP contribution < -0.4 is 29.6 Å². The number of anilines is 4. The molecule has 0 aliphatic heterocycles. The van der Waals surface area contributed by atoms with Crippen molar-refractivity contribution in [3.8, 4) is 17.2 Å². The van der Waals surface area contributed by atoms with E-state index in [0.717, 1.165) is 41.0 Å². The SMILES string of the molecule is CCCCCCOc1ccc(Nc2ccc(NS(=O)(=O)c3c(C(C)C)cc(C(C)C)cc3C(C)C)cc2NC(=O)Oc2ccc(OC)cc2)cc1. The third kappa shape index (κ3) is 10.9. The Bertz CT molecular complexity index is 1820. The number of amides is 1. The molecule has 0 aliphatic rings. The number of hydrogen-bond acceptors (Lipinski definition) is 7. The van der Waals surface area contributed by atoms with Crippen molar-refractivity contribution in [2.75, 3.05) is 29.1 Å². The number of hydrogen-bond donors (Lipinski definition) is 3. The Kier molecular flexibility index (Phi) is 13.8. The number of carbonyl (C=O) groups is 1. The van der Waals surface area contributed by atoms with E-state index in [1.165, 1.54) is 12.8 Å². The smallest absolute Gasteiger partial charge is 0.417 e. The van der Waals surface area contributed by atoms with Crippen LogP contribution in [0.4, 0.5) is 27.5 Å². The molecule has 0 atom stereocenters. The number of unbranched alkanes of at least 4 members (excludes halogenated alkanes) is 3. The lowest BCUT2D eigenvalue weighted by atomic mass is 9.89. The van der Waals surface area contributed by atoms with Gasteiger partial charge in [0.15, 0.2) is 0 Å². The second-order valence-corrected chi connectivity index (χ2v) is 15.2. The second kappa shape index (κ2) is 18.0. The maximum atomic E-state index is 14.2. The molecule has 4 rings (SSSR count). The fourth-order valence-electron chi connectivity index (χ4n) is 5.62. The van der Waals surface area contributed by atoms with Crippen LogP contribution in [0.5, 0.6) is 17.2 Å². The molecule has 3 N–H and O–H groups in total. The third-order valence-electron chi connectivity index (χ3n) is 8.53. The summed E-state index contributed by atoms with van der Waals surface area (Å²) in [5.41, 5.74) is 4.52. The number of methoxy groups -OCH3 is 1. The van der Waals surface area contributed by atoms with Crippen LogP contribution >= 0.6 is 0 Å². The molecule has 0 aliphatic carbocycles. The van der Waals surface area contributed by atoms with Crippen LogP contribution in [0.3, 0.4) is 0 Å². The van der Waals surface area contributed by atoms with Gasteiger partial charge in [-0.25, -0.2) is 13.2 Å². The Morgan fingerprint density at radius 3 is 1.84 bits per heavy atom. The molecule has 0 fully saturated rings. The number of carbonyl (C=O) groups excluding carboxylic acids is 1. The Balaban J connectivity index is 1.65. The largest absolute Gasteiger partial charge is 0.497 e. The summed E-state index contributed by atoms with van der Waals surface area (Å²) in [6.45, 7) is 15.1. The minimum Gasteiger partial charge on any atom is -0.497 e. The zero-order chi connectivity index (χ0) is 37.1. The number of benzene rings is 4. The summed E-state index contributed by atoms with van der Waals surface area (Å²) < 4.78 is 47.9. The third-order valence-corrected chi connectivity index (χ3v) is 10.0. The first-order valence-corrected chi connectivity index (χ1v) is 19.3. The van der Waals surface area contributed by atoms with Crippen LogP contribution in [0.15, 0.2) is 83.8 Å². The monoisotopic (exact) mass is 715 g/mol. The first-order valence-electron chi connectivity index (χ1n) is 17.8. The Morgan fingerprint density at radius 1 is 0.686 bits per heavy atom. The lowest BCUT2D eigenvalue weighted by Gasteiger charge is -2.23. The molecule has 0 radical (unpaired) electrons. The minimum atomic E-state index is -4.04. The van der Waals surface area contributed by atoms with Crippen molar-refractivity contribution in [1.29, 1.82) is 0 Å². The Hall–Kier alpha value is -4.70. The highest BCUT2D eigenvalue weighted by Gasteiger charge is 2.27. The van der Waals surface area contributed by atoms with Gasteiger partial charge in [0.25, 0.3) is 10.0 Å². The molecule has 0 saturated heterocycles. The van der Waals surface area contributed by atoms with Gasteiger partial charge >= 0.3 is 6.09 Å². The van der Waals surface area contributed by atoms with Gasteiger partial charge in [-0.2, -0.15) is 0 Å². The topological polar surface area (TPSA) is 115 Å². The average Bonchev–Trinajstić information content (AvgIpc) is 3.09. The van der Waals surface area contributed by atoms with Gasteiger partial charge in [0, 0.05) is 5.69 Å². The van der Waals surface area contributed by atoms with Gasteiger partial charge in [0.05, 0.1) is 35.7 Å². The fourth-order valence-corrected chi connectivity index (χ4v) is 7.37. The number of ether oxygens (including phenoxy) is 3. The highest BCUT2D eigenvalue weighted by Crippen LogP contribution is 2.37. The van der Waals surface area contributed by atoms with Crippen LogP contribution in [-0.4, -0.2) is 28.2 Å². The van der Waals surface area contributed by atoms with E-state index in [-0.39, 0.29) is 23.4 Å². The predicted octanol–water partition coefficient (Wildman–Crippen LogP) is 11.2. The molecule has 4 aromatic carbocycles. The van der Waals surface area contributed by atoms with E-state index in [4.69, 9.17) is 14.2 Å². The summed E-state index contributed by atoms with van der Waals surface area (Å²) in [6.07, 6.45) is 3.77. The van der Waals surface area contributed by atoms with Crippen LogP contribution in [0.2, 0.25) is 0 Å². The highest BCUT2D eigenvalue weighted by atomic mass is 32.2. The van der Waals surface area contributed by atoms with E-state index in [9.17, 15) is 13.2 Å². The van der Waals surface area contributed by atoms with Crippen molar-refractivity contribution >= 4 is 38.9 Å². The molecule has 0 spiro atoms. The molecule has 0 unspecified atom stereocenters. The van der Waals surface area contributed by atoms with Gasteiger partial charge in [-0.1, -0.05) is 79.9 Å². The lowest BCUT2D eigenvalue weighted by Crippen LogP contribution is -2.20. The second-order valence-electron chi connectivity index (χ2n) is 13.6. The predicted molar refractivity (Wildman–Crippen MR) is 208 cm³/mol. The molecular weight excluding hydrogens is 663 g/mol. The molecule has 1 amide bonds. The van der Waals surface area contributed by atoms with Gasteiger partial charge < -0.3 is 19.5 Å². The summed E-state index contributed by atoms with van der Waals surface area (Å²) in [7, 11) is -2.48. The lowest BCUT2D eigenvalue weighted by molar-refractivity contribution is 0.215. The summed E-state index contributed by atoms with van der Waals surface area (Å²) >= 11 is 0. The maximum Gasteiger partial charge on any atom is 0.417 e. The van der Waals surface area contributed by atoms with Crippen LogP contribution in [0.25, 0.3) is 0 Å². The van der Waals surface area contributed by atoms with E-state index >= 15 is 0 Å². The van der Waals surface area contributed by atoms with E-state index in [1.807, 2.05) is 64.1 Å². The summed E-state index contributed by atoms with van der Waals surface area (Å²) in [6, 6.07) is 23.2. The first kappa shape index (κ1) is 39.1. The molecule has 10 heteroatoms. The van der Waals surface area contributed by atoms with Crippen molar-refractivity contribution in [3.63, 3.8) is 0 Å². The van der Waals surface area contributed by atoms with Crippen LogP contribution in [-0.2, 0) is 10.0 Å². The van der Waals surface area contributed by atoms with E-state index in [1.54, 1.807) is 49.6 Å². The van der Waals surface area contributed by atoms with Crippen molar-refractivity contribution in [2.24, 2.45) is 0 Å². The Morgan fingerprint density at radius 2 is 1.27 bits per heavy atom. The normalized spacial score (nSPS) is 11.5. The van der Waals surface area contributed by atoms with E-state index in [2.05, 4.69) is 36.1 Å². The molecule has 0 saturated carbocycles. The van der Waals surface area contributed by atoms with Gasteiger partial charge in [-0.15, -0.1) is 0 Å². The molecule has 0 heterocycles. The van der Waals surface area contributed by atoms with Crippen LogP contribution in [0, 0.1) is 0 Å². The average molecular weight is 716 g/mol. The molecule has 51 heavy (non-hydrogen) atoms. The molecule has 9 nitrogen and oxygen atoms in total. The maximum absolute atomic E-state index is 14.2. The van der Waals surface area contributed by atoms with E-state index < -0.39 is 16.1 Å². The summed E-state index contributed by atoms with van der Waals surface area (Å²) in [5, 5.41) is 6.13. The van der Waals surface area contributed by atoms with Gasteiger partial charge in [0.1, 0.15) is 17.2 Å². The van der Waals surface area contributed by atoms with Gasteiger partial charge in [0.2, 0.25) is 0 Å². The van der Waals surface area contributed by atoms with Crippen molar-refractivity contribution in [2.45, 2.75) is 96.8 Å². The number of rotatable bonds is 17.